The van der Waals surface area contributed by atoms with Crippen molar-refractivity contribution in [2.24, 2.45) is 17.3 Å². The van der Waals surface area contributed by atoms with Crippen LogP contribution in [0.2, 0.25) is 0 Å². The van der Waals surface area contributed by atoms with Crippen LogP contribution in [0.1, 0.15) is 81.0 Å². The second-order valence-electron chi connectivity index (χ2n) is 11.7. The van der Waals surface area contributed by atoms with Crippen LogP contribution < -0.4 is 0 Å². The zero-order chi connectivity index (χ0) is 24.5. The summed E-state index contributed by atoms with van der Waals surface area (Å²) in [5.41, 5.74) is 3.84. The third-order valence-corrected chi connectivity index (χ3v) is 8.10. The van der Waals surface area contributed by atoms with Crippen molar-refractivity contribution in [2.45, 2.75) is 72.8 Å². The third kappa shape index (κ3) is 6.10. The van der Waals surface area contributed by atoms with Gasteiger partial charge in [0.2, 0.25) is 11.8 Å². The van der Waals surface area contributed by atoms with Crippen LogP contribution in [-0.4, -0.2) is 41.2 Å². The third-order valence-electron chi connectivity index (χ3n) is 7.11. The molecule has 0 spiro atoms. The van der Waals surface area contributed by atoms with Crippen LogP contribution >= 0.6 is 11.3 Å². The van der Waals surface area contributed by atoms with E-state index in [1.54, 1.807) is 11.3 Å². The molecular formula is C29H40N2O2S. The first-order valence-electron chi connectivity index (χ1n) is 12.8. The summed E-state index contributed by atoms with van der Waals surface area (Å²) in [5.74, 6) is 1.08. The van der Waals surface area contributed by atoms with E-state index in [4.69, 9.17) is 0 Å². The average molecular weight is 481 g/mol. The fourth-order valence-electron chi connectivity index (χ4n) is 5.48. The Balaban J connectivity index is 1.53. The van der Waals surface area contributed by atoms with Crippen LogP contribution in [0.15, 0.2) is 35.7 Å². The van der Waals surface area contributed by atoms with Crippen molar-refractivity contribution in [3.05, 3.63) is 57.3 Å². The van der Waals surface area contributed by atoms with Crippen molar-refractivity contribution in [1.29, 1.82) is 0 Å². The smallest absolute Gasteiger partial charge is 0.242 e. The molecule has 1 fully saturated rings. The van der Waals surface area contributed by atoms with Gasteiger partial charge in [0.15, 0.2) is 0 Å². The standard InChI is InChI=1S/C29H40N2O2S/c1-20(17-29(3,4)5)16-26(32)30(18-22-10-11-22)19-27(33)31-14-12-25-24(13-15-34-25)28(31)23-9-7-6-8-21(23)2/h6-9,13,15,20,22,28H,10-12,14,16-19H2,1-5H3. The van der Waals surface area contributed by atoms with E-state index in [9.17, 15) is 9.59 Å². The molecular weight excluding hydrogens is 440 g/mol. The van der Waals surface area contributed by atoms with Gasteiger partial charge in [0, 0.05) is 24.4 Å². The number of hydrogen-bond donors (Lipinski definition) is 0. The van der Waals surface area contributed by atoms with Crippen LogP contribution in [0.4, 0.5) is 0 Å². The minimum Gasteiger partial charge on any atom is -0.333 e. The number of aryl methyl sites for hydroxylation is 1. The number of amides is 2. The molecule has 2 atom stereocenters. The van der Waals surface area contributed by atoms with E-state index in [0.29, 0.717) is 24.8 Å². The molecule has 1 aliphatic heterocycles. The first-order chi connectivity index (χ1) is 16.1. The van der Waals surface area contributed by atoms with Gasteiger partial charge in [-0.1, -0.05) is 52.0 Å². The Bertz CT molecular complexity index is 1020. The summed E-state index contributed by atoms with van der Waals surface area (Å²) < 4.78 is 0. The van der Waals surface area contributed by atoms with Crippen molar-refractivity contribution < 1.29 is 9.59 Å². The molecule has 2 aliphatic rings. The Kier molecular flexibility index (Phi) is 7.51. The van der Waals surface area contributed by atoms with Gasteiger partial charge in [-0.25, -0.2) is 0 Å². The van der Waals surface area contributed by atoms with Crippen LogP contribution in [0.25, 0.3) is 0 Å². The Morgan fingerprint density at radius 2 is 1.88 bits per heavy atom. The van der Waals surface area contributed by atoms with E-state index in [-0.39, 0.29) is 29.8 Å². The molecule has 4 nitrogen and oxygen atoms in total. The molecule has 34 heavy (non-hydrogen) atoms. The molecule has 1 saturated carbocycles. The van der Waals surface area contributed by atoms with Crippen LogP contribution in [0.5, 0.6) is 0 Å². The van der Waals surface area contributed by atoms with Crippen LogP contribution in [0, 0.1) is 24.2 Å². The predicted molar refractivity (Wildman–Crippen MR) is 140 cm³/mol. The second-order valence-corrected chi connectivity index (χ2v) is 12.7. The maximum Gasteiger partial charge on any atom is 0.242 e. The highest BCUT2D eigenvalue weighted by atomic mass is 32.1. The van der Waals surface area contributed by atoms with Gasteiger partial charge in [-0.15, -0.1) is 11.3 Å². The molecule has 1 aliphatic carbocycles. The molecule has 4 rings (SSSR count). The second kappa shape index (κ2) is 10.2. The van der Waals surface area contributed by atoms with E-state index in [1.165, 1.54) is 34.4 Å². The summed E-state index contributed by atoms with van der Waals surface area (Å²) in [6.07, 6.45) is 4.76. The van der Waals surface area contributed by atoms with Gasteiger partial charge < -0.3 is 9.80 Å². The summed E-state index contributed by atoms with van der Waals surface area (Å²) in [4.78, 5) is 32.4. The van der Waals surface area contributed by atoms with Crippen molar-refractivity contribution in [3.63, 3.8) is 0 Å². The van der Waals surface area contributed by atoms with Crippen molar-refractivity contribution in [3.8, 4) is 0 Å². The number of carbonyl (C=O) groups is 2. The number of hydrogen-bond acceptors (Lipinski definition) is 3. The zero-order valence-corrected chi connectivity index (χ0v) is 22.3. The Morgan fingerprint density at radius 1 is 1.15 bits per heavy atom. The molecule has 2 heterocycles. The minimum atomic E-state index is -0.0682. The number of carbonyl (C=O) groups excluding carboxylic acids is 2. The lowest BCUT2D eigenvalue weighted by Gasteiger charge is -2.38. The SMILES string of the molecule is Cc1ccccc1C1c2ccsc2CCN1C(=O)CN(CC1CC1)C(=O)CC(C)CC(C)(C)C. The maximum atomic E-state index is 13.8. The predicted octanol–water partition coefficient (Wildman–Crippen LogP) is 6.23. The highest BCUT2D eigenvalue weighted by Crippen LogP contribution is 2.39. The molecule has 2 amide bonds. The lowest BCUT2D eigenvalue weighted by molar-refractivity contribution is -0.142. The number of rotatable bonds is 8. The number of benzene rings is 1. The van der Waals surface area contributed by atoms with E-state index < -0.39 is 0 Å². The molecule has 0 saturated heterocycles. The topological polar surface area (TPSA) is 40.6 Å². The fourth-order valence-corrected chi connectivity index (χ4v) is 6.38. The zero-order valence-electron chi connectivity index (χ0n) is 21.5. The van der Waals surface area contributed by atoms with Crippen LogP contribution in [-0.2, 0) is 16.0 Å². The molecule has 0 N–H and O–H groups in total. The van der Waals surface area contributed by atoms with Crippen LogP contribution in [0.3, 0.4) is 0 Å². The first-order valence-corrected chi connectivity index (χ1v) is 13.7. The first kappa shape index (κ1) is 25.0. The van der Waals surface area contributed by atoms with Crippen molar-refractivity contribution in [1.82, 2.24) is 9.80 Å². The number of nitrogens with zero attached hydrogens (tertiary/aromatic N) is 2. The molecule has 184 valence electrons. The summed E-state index contributed by atoms with van der Waals surface area (Å²) in [6.45, 7) is 12.6. The molecule has 0 radical (unpaired) electrons. The Labute approximate surface area is 209 Å². The lowest BCUT2D eigenvalue weighted by Crippen LogP contribution is -2.47. The maximum absolute atomic E-state index is 13.8. The van der Waals surface area contributed by atoms with Gasteiger partial charge in [-0.2, -0.15) is 0 Å². The summed E-state index contributed by atoms with van der Waals surface area (Å²) in [5, 5.41) is 2.14. The van der Waals surface area contributed by atoms with E-state index in [0.717, 1.165) is 19.4 Å². The van der Waals surface area contributed by atoms with Crippen molar-refractivity contribution >= 4 is 23.2 Å². The summed E-state index contributed by atoms with van der Waals surface area (Å²) in [6, 6.07) is 10.5. The van der Waals surface area contributed by atoms with Gasteiger partial charge in [-0.3, -0.25) is 9.59 Å². The molecule has 1 aromatic carbocycles. The largest absolute Gasteiger partial charge is 0.333 e. The van der Waals surface area contributed by atoms with Gasteiger partial charge in [0.1, 0.15) is 0 Å². The highest BCUT2D eigenvalue weighted by Gasteiger charge is 2.36. The van der Waals surface area contributed by atoms with Crippen molar-refractivity contribution in [2.75, 3.05) is 19.6 Å². The monoisotopic (exact) mass is 480 g/mol. The molecule has 5 heteroatoms. The average Bonchev–Trinajstić information content (AvgIpc) is 3.44. The Morgan fingerprint density at radius 3 is 2.56 bits per heavy atom. The lowest BCUT2D eigenvalue weighted by atomic mass is 9.84. The van der Waals surface area contributed by atoms with E-state index in [1.807, 2.05) is 9.80 Å². The van der Waals surface area contributed by atoms with E-state index >= 15 is 0 Å². The van der Waals surface area contributed by atoms with Gasteiger partial charge in [0.25, 0.3) is 0 Å². The van der Waals surface area contributed by atoms with Gasteiger partial charge in [-0.05, 0) is 78.0 Å². The summed E-state index contributed by atoms with van der Waals surface area (Å²) in [7, 11) is 0. The quantitative estimate of drug-likeness (QED) is 0.449. The molecule has 2 aromatic rings. The molecule has 1 aromatic heterocycles. The highest BCUT2D eigenvalue weighted by molar-refractivity contribution is 7.10. The number of thiophene rings is 1. The Hall–Kier alpha value is -2.14. The normalized spacial score (nSPS) is 19.0. The molecule has 2 unspecified atom stereocenters. The van der Waals surface area contributed by atoms with Gasteiger partial charge in [0.05, 0.1) is 12.6 Å². The number of fused-ring (bicyclic) bond motifs is 1. The van der Waals surface area contributed by atoms with Gasteiger partial charge >= 0.3 is 0 Å². The van der Waals surface area contributed by atoms with E-state index in [2.05, 4.69) is 70.3 Å². The molecule has 0 bridgehead atoms. The summed E-state index contributed by atoms with van der Waals surface area (Å²) >= 11 is 1.79. The fraction of sp³-hybridized carbons (Fsp3) is 0.586. The minimum absolute atomic E-state index is 0.0682.